The largest absolute Gasteiger partial charge is 0.355 e. The van der Waals surface area contributed by atoms with Crippen LogP contribution in [0.25, 0.3) is 38.8 Å². The first-order chi connectivity index (χ1) is 20.8. The van der Waals surface area contributed by atoms with Crippen LogP contribution in [-0.2, 0) is 0 Å². The van der Waals surface area contributed by atoms with Crippen LogP contribution in [0.3, 0.4) is 0 Å². The number of rotatable bonds is 3. The van der Waals surface area contributed by atoms with Crippen molar-refractivity contribution in [2.24, 2.45) is 0 Å². The van der Waals surface area contributed by atoms with E-state index in [1.165, 1.54) is 44.6 Å². The summed E-state index contributed by atoms with van der Waals surface area (Å²) in [6, 6.07) is 45.8. The Labute approximate surface area is 244 Å². The van der Waals surface area contributed by atoms with Gasteiger partial charge in [-0.3, -0.25) is 4.98 Å². The molecule has 200 valence electrons. The molecule has 5 aromatic carbocycles. The summed E-state index contributed by atoms with van der Waals surface area (Å²) in [4.78, 5) is 11.8. The van der Waals surface area contributed by atoms with E-state index in [1.807, 2.05) is 18.3 Å². The second-order valence-corrected chi connectivity index (χ2v) is 11.1. The average Bonchev–Trinajstić information content (AvgIpc) is 3.58. The molecule has 0 unspecified atom stereocenters. The van der Waals surface area contributed by atoms with Gasteiger partial charge in [0.05, 0.1) is 51.8 Å². The summed E-state index contributed by atoms with van der Waals surface area (Å²) in [6.45, 7) is 0.813. The van der Waals surface area contributed by atoms with Crippen LogP contribution < -0.4 is 14.7 Å². The first-order valence-corrected chi connectivity index (χ1v) is 14.3. The van der Waals surface area contributed by atoms with Gasteiger partial charge in [0.25, 0.3) is 0 Å². The van der Waals surface area contributed by atoms with Gasteiger partial charge >= 0.3 is 0 Å². The molecule has 2 aromatic heterocycles. The second kappa shape index (κ2) is 8.72. The van der Waals surface area contributed by atoms with E-state index in [0.717, 1.165) is 35.0 Å². The lowest BCUT2D eigenvalue weighted by molar-refractivity contribution is 0.949. The molecule has 2 aliphatic rings. The van der Waals surface area contributed by atoms with Crippen molar-refractivity contribution >= 4 is 55.9 Å². The number of aromatic nitrogens is 2. The van der Waals surface area contributed by atoms with Gasteiger partial charge in [0.1, 0.15) is 0 Å². The molecule has 5 nitrogen and oxygen atoms in total. The third-order valence-corrected chi connectivity index (χ3v) is 8.67. The first kappa shape index (κ1) is 23.2. The maximum atomic E-state index is 4.68. The Kier molecular flexibility index (Phi) is 4.81. The third-order valence-electron chi connectivity index (χ3n) is 8.67. The summed E-state index contributed by atoms with van der Waals surface area (Å²) >= 11 is 0. The minimum absolute atomic E-state index is 0.813. The fourth-order valence-electron chi connectivity index (χ4n) is 6.82. The summed E-state index contributed by atoms with van der Waals surface area (Å²) in [5.41, 5.74) is 12.8. The standard InChI is InChI=1S/C37H27N5/c1-39-24-40(33-17-5-4-16-32(33)39)26-10-8-11-27(23-26)41-35-18-9-13-29-28-12-2-3-15-31(28)42(37(29)35)34-20-19-25(22-36(34)41)30-14-6-7-21-38-30/h2-23H,24H2,1H3. The van der Waals surface area contributed by atoms with Gasteiger partial charge in [-0.25, -0.2) is 0 Å². The van der Waals surface area contributed by atoms with Crippen LogP contribution in [0.4, 0.5) is 34.1 Å². The van der Waals surface area contributed by atoms with Crippen LogP contribution in [0.15, 0.2) is 134 Å². The van der Waals surface area contributed by atoms with Crippen molar-refractivity contribution in [3.8, 4) is 16.9 Å². The van der Waals surface area contributed by atoms with E-state index in [2.05, 4.69) is 147 Å². The molecule has 0 radical (unpaired) electrons. The maximum Gasteiger partial charge on any atom is 0.0950 e. The monoisotopic (exact) mass is 541 g/mol. The minimum Gasteiger partial charge on any atom is -0.355 e. The fourth-order valence-corrected chi connectivity index (χ4v) is 6.82. The zero-order valence-electron chi connectivity index (χ0n) is 23.1. The van der Waals surface area contributed by atoms with Crippen molar-refractivity contribution in [3.63, 3.8) is 0 Å². The van der Waals surface area contributed by atoms with Crippen LogP contribution in [0.2, 0.25) is 0 Å². The molecule has 7 aromatic rings. The van der Waals surface area contributed by atoms with Crippen LogP contribution >= 0.6 is 0 Å². The molecule has 0 N–H and O–H groups in total. The number of nitrogens with zero attached hydrogens (tertiary/aromatic N) is 5. The number of benzene rings is 5. The zero-order chi connectivity index (χ0) is 27.8. The highest BCUT2D eigenvalue weighted by Gasteiger charge is 2.30. The van der Waals surface area contributed by atoms with Crippen LogP contribution in [0.5, 0.6) is 0 Å². The smallest absolute Gasteiger partial charge is 0.0950 e. The van der Waals surface area contributed by atoms with E-state index in [4.69, 9.17) is 0 Å². The number of fused-ring (bicyclic) bond motifs is 6. The van der Waals surface area contributed by atoms with Crippen molar-refractivity contribution in [1.29, 1.82) is 0 Å². The molecule has 2 aliphatic heterocycles. The normalized spacial score (nSPS) is 13.6. The molecule has 5 heteroatoms. The number of hydrogen-bond acceptors (Lipinski definition) is 4. The van der Waals surface area contributed by atoms with E-state index in [-0.39, 0.29) is 0 Å². The van der Waals surface area contributed by atoms with Gasteiger partial charge in [0, 0.05) is 41.0 Å². The molecular weight excluding hydrogens is 514 g/mol. The fraction of sp³-hybridized carbons (Fsp3) is 0.0541. The molecule has 0 amide bonds. The Bertz CT molecular complexity index is 2160. The van der Waals surface area contributed by atoms with Crippen molar-refractivity contribution < 1.29 is 0 Å². The maximum absolute atomic E-state index is 4.68. The Morgan fingerprint density at radius 3 is 2.24 bits per heavy atom. The molecule has 0 aliphatic carbocycles. The van der Waals surface area contributed by atoms with Gasteiger partial charge in [-0.05, 0) is 66.7 Å². The van der Waals surface area contributed by atoms with Gasteiger partial charge in [-0.1, -0.05) is 60.7 Å². The van der Waals surface area contributed by atoms with Crippen LogP contribution in [0.1, 0.15) is 0 Å². The highest BCUT2D eigenvalue weighted by molar-refractivity contribution is 6.16. The molecule has 0 saturated heterocycles. The number of hydrogen-bond donors (Lipinski definition) is 0. The summed E-state index contributed by atoms with van der Waals surface area (Å²) < 4.78 is 2.43. The number of para-hydroxylation sites is 4. The quantitative estimate of drug-likeness (QED) is 0.223. The molecule has 42 heavy (non-hydrogen) atoms. The SMILES string of the molecule is CN1CN(c2cccc(N3c4cc(-c5ccccn5)ccc4-n4c5ccccc5c5cccc3c54)c2)c2ccccc21. The Hall–Kier alpha value is -5.55. The second-order valence-electron chi connectivity index (χ2n) is 11.1. The summed E-state index contributed by atoms with van der Waals surface area (Å²) in [7, 11) is 2.15. The predicted octanol–water partition coefficient (Wildman–Crippen LogP) is 9.17. The predicted molar refractivity (Wildman–Crippen MR) is 174 cm³/mol. The van der Waals surface area contributed by atoms with Gasteiger partial charge in [-0.15, -0.1) is 0 Å². The highest BCUT2D eigenvalue weighted by Crippen LogP contribution is 2.51. The first-order valence-electron chi connectivity index (χ1n) is 14.3. The number of pyridine rings is 1. The lowest BCUT2D eigenvalue weighted by atomic mass is 10.0. The van der Waals surface area contributed by atoms with Crippen molar-refractivity contribution in [2.75, 3.05) is 28.4 Å². The van der Waals surface area contributed by atoms with Gasteiger partial charge in [0.15, 0.2) is 0 Å². The third kappa shape index (κ3) is 3.22. The Morgan fingerprint density at radius 2 is 1.33 bits per heavy atom. The molecule has 0 bridgehead atoms. The van der Waals surface area contributed by atoms with Crippen molar-refractivity contribution in [1.82, 2.24) is 9.55 Å². The Balaban J connectivity index is 1.30. The molecule has 0 fully saturated rings. The molecule has 0 atom stereocenters. The Morgan fingerprint density at radius 1 is 0.571 bits per heavy atom. The minimum atomic E-state index is 0.813. The molecule has 4 heterocycles. The lowest BCUT2D eigenvalue weighted by Crippen LogP contribution is -2.24. The van der Waals surface area contributed by atoms with Crippen LogP contribution in [-0.4, -0.2) is 23.3 Å². The van der Waals surface area contributed by atoms with Crippen molar-refractivity contribution in [3.05, 3.63) is 134 Å². The summed E-state index contributed by atoms with van der Waals surface area (Å²) in [5, 5.41) is 2.53. The topological polar surface area (TPSA) is 27.5 Å². The van der Waals surface area contributed by atoms with E-state index in [1.54, 1.807) is 0 Å². The van der Waals surface area contributed by atoms with Crippen LogP contribution in [0, 0.1) is 0 Å². The average molecular weight is 542 g/mol. The van der Waals surface area contributed by atoms with E-state index in [0.29, 0.717) is 0 Å². The zero-order valence-corrected chi connectivity index (χ0v) is 23.1. The molecule has 0 saturated carbocycles. The van der Waals surface area contributed by atoms with Crippen molar-refractivity contribution in [2.45, 2.75) is 0 Å². The van der Waals surface area contributed by atoms with E-state index < -0.39 is 0 Å². The van der Waals surface area contributed by atoms with Gasteiger partial charge < -0.3 is 19.3 Å². The van der Waals surface area contributed by atoms with E-state index >= 15 is 0 Å². The lowest BCUT2D eigenvalue weighted by Gasteiger charge is -2.34. The molecular formula is C37H27N5. The van der Waals surface area contributed by atoms with Gasteiger partial charge in [0.2, 0.25) is 0 Å². The number of anilines is 6. The van der Waals surface area contributed by atoms with Gasteiger partial charge in [-0.2, -0.15) is 0 Å². The summed E-state index contributed by atoms with van der Waals surface area (Å²) in [6.07, 6.45) is 1.86. The molecule has 0 spiro atoms. The van der Waals surface area contributed by atoms with E-state index in [9.17, 15) is 0 Å². The molecule has 9 rings (SSSR count). The summed E-state index contributed by atoms with van der Waals surface area (Å²) in [5.74, 6) is 0. The highest BCUT2D eigenvalue weighted by atomic mass is 15.4.